The van der Waals surface area contributed by atoms with Crippen LogP contribution in [0.3, 0.4) is 0 Å². The number of nitrogens with two attached hydrogens (primary N) is 2. The zero-order valence-corrected chi connectivity index (χ0v) is 54.1. The predicted molar refractivity (Wildman–Crippen MR) is 343 cm³/mol. The maximum Gasteiger partial charge on any atom is 0.0591 e. The number of nitrogens with one attached hydrogen (secondary N) is 12. The highest BCUT2D eigenvalue weighted by Crippen LogP contribution is 2.06. The van der Waals surface area contributed by atoms with E-state index in [0.717, 1.165) is 72.1 Å². The van der Waals surface area contributed by atoms with Crippen molar-refractivity contribution >= 4 is 0 Å². The van der Waals surface area contributed by atoms with Crippen LogP contribution in [0.15, 0.2) is 60.7 Å². The highest BCUT2D eigenvalue weighted by Gasteiger charge is 1.95. The summed E-state index contributed by atoms with van der Waals surface area (Å²) in [7, 11) is 21.0. The number of ether oxygens (including phenoxy) is 1. The lowest BCUT2D eigenvalue weighted by Crippen LogP contribution is -2.30. The molecule has 2 saturated heterocycles. The fourth-order valence-corrected chi connectivity index (χ4v) is 4.06. The third-order valence-corrected chi connectivity index (χ3v) is 7.85. The molecule has 0 saturated carbocycles. The van der Waals surface area contributed by atoms with E-state index in [2.05, 4.69) is 145 Å². The molecule has 2 fully saturated rings. The molecule has 0 spiro atoms. The molecule has 74 heavy (non-hydrogen) atoms. The topological polar surface area (TPSA) is 206 Å². The maximum atomic E-state index is 5.61. The van der Waals surface area contributed by atoms with Crippen LogP contribution in [0.1, 0.15) is 146 Å². The van der Waals surface area contributed by atoms with Crippen LogP contribution >= 0.6 is 0 Å². The minimum atomic E-state index is 0.159. The molecule has 452 valence electrons. The first-order chi connectivity index (χ1) is 35.4. The van der Waals surface area contributed by atoms with Crippen molar-refractivity contribution in [1.82, 2.24) is 63.8 Å². The fraction of sp³-hybridized carbons (Fsp3) is 0.797. The van der Waals surface area contributed by atoms with Crippen LogP contribution in [-0.4, -0.2) is 174 Å². The summed E-state index contributed by atoms with van der Waals surface area (Å²) < 4.78 is 5.01. The van der Waals surface area contributed by atoms with Gasteiger partial charge in [0.15, 0.2) is 0 Å². The van der Waals surface area contributed by atoms with E-state index in [4.69, 9.17) is 16.2 Å². The summed E-state index contributed by atoms with van der Waals surface area (Å²) in [4.78, 5) is 0. The molecule has 0 amide bonds. The lowest BCUT2D eigenvalue weighted by atomic mass is 10.1. The Morgan fingerprint density at radius 1 is 0.486 bits per heavy atom. The summed E-state index contributed by atoms with van der Waals surface area (Å²) in [6, 6.07) is 22.2. The van der Waals surface area contributed by atoms with Crippen molar-refractivity contribution in [2.45, 2.75) is 159 Å². The van der Waals surface area contributed by atoms with Gasteiger partial charge in [0.05, 0.1) is 13.2 Å². The Bertz CT molecular complexity index is 974. The molecule has 1 unspecified atom stereocenters. The largest absolute Gasteiger partial charge is 0.379 e. The van der Waals surface area contributed by atoms with Gasteiger partial charge in [0.1, 0.15) is 0 Å². The number of morpholine rings is 1. The second kappa shape index (κ2) is 103. The summed E-state index contributed by atoms with van der Waals surface area (Å²) >= 11 is 0. The Labute approximate surface area is 465 Å². The lowest BCUT2D eigenvalue weighted by molar-refractivity contribution is 0.109. The standard InChI is InChI=1S/2C8H11N.3C5H13N.C4H9NO.C4H9N.2C4H11N.2C3H9N.3C2H7N/c1-9-7-8-5-3-2-4-6-8;1-7(9)8-5-3-2-4-6-8;1-4-6-5(2)3;1-3-4-5-6-2;1-3-5-6-4-2;1-3-6-4-2-5-1;1-2-4-5-3-1;1-4(2)5-3;1-3-4-5-2;1-3-4-2;1-3(2)4;3*1-3-2/h2-6,9H,7H2,1H3;2-7H,9H2,1H3;5-6H,4H2,1-3H3;2*6H,3-5H2,1-2H3;5H,1-4H2;5H,1-4H2;4-5H,1-3H3;5H,3-4H2,1-2H3;4H,3H2,1-2H3;3H,4H2,1-2H3;3*3H,1-2H3. The van der Waals surface area contributed by atoms with Gasteiger partial charge in [0.25, 0.3) is 0 Å². The van der Waals surface area contributed by atoms with Gasteiger partial charge in [-0.1, -0.05) is 150 Å². The Kier molecular flexibility index (Phi) is 132. The fourth-order valence-electron chi connectivity index (χ4n) is 4.06. The van der Waals surface area contributed by atoms with Gasteiger partial charge >= 0.3 is 0 Å². The van der Waals surface area contributed by atoms with Gasteiger partial charge in [-0.25, -0.2) is 0 Å². The molecule has 0 aliphatic carbocycles. The zero-order valence-electron chi connectivity index (χ0n) is 54.1. The second-order valence-corrected chi connectivity index (χ2v) is 17.6. The summed E-state index contributed by atoms with van der Waals surface area (Å²) in [5.41, 5.74) is 13.3. The average molecular weight is 1060 g/mol. The van der Waals surface area contributed by atoms with Crippen LogP contribution in [0.4, 0.5) is 0 Å². The van der Waals surface area contributed by atoms with Crippen LogP contribution in [0, 0.1) is 0 Å². The van der Waals surface area contributed by atoms with Gasteiger partial charge in [-0.05, 0) is 186 Å². The minimum Gasteiger partial charge on any atom is -0.379 e. The van der Waals surface area contributed by atoms with E-state index < -0.39 is 0 Å². The quantitative estimate of drug-likeness (QED) is 0.0785. The first-order valence-corrected chi connectivity index (χ1v) is 28.5. The van der Waals surface area contributed by atoms with E-state index in [1.165, 1.54) is 62.7 Å². The van der Waals surface area contributed by atoms with Crippen molar-refractivity contribution in [2.75, 3.05) is 156 Å². The third-order valence-electron chi connectivity index (χ3n) is 7.85. The first kappa shape index (κ1) is 94.3. The van der Waals surface area contributed by atoms with Crippen molar-refractivity contribution in [1.29, 1.82) is 0 Å². The number of benzene rings is 2. The summed E-state index contributed by atoms with van der Waals surface area (Å²) in [6.07, 6.45) is 7.85. The molecule has 2 aliphatic rings. The second-order valence-electron chi connectivity index (χ2n) is 17.6. The Morgan fingerprint density at radius 2 is 0.878 bits per heavy atom. The highest BCUT2D eigenvalue weighted by atomic mass is 16.5. The van der Waals surface area contributed by atoms with Gasteiger partial charge in [0.2, 0.25) is 0 Å². The number of hydrogen-bond acceptors (Lipinski definition) is 15. The summed E-state index contributed by atoms with van der Waals surface area (Å²) in [5.74, 6) is 0. The molecule has 2 aromatic rings. The lowest BCUT2D eigenvalue weighted by Gasteiger charge is -2.10. The maximum absolute atomic E-state index is 5.61. The van der Waals surface area contributed by atoms with E-state index in [1.54, 1.807) is 0 Å². The SMILES string of the molecule is C1CCNC1.C1COCCN1.CC(C)N.CC(N)c1ccccc1.CCCCNC.CCCNC.CCCNCC.CCNC.CCNC(C)C.CNC.CNC.CNC.CNC(C)C.CNCc1ccccc1. The van der Waals surface area contributed by atoms with Crippen LogP contribution in [0.25, 0.3) is 0 Å². The highest BCUT2D eigenvalue weighted by molar-refractivity contribution is 5.17. The van der Waals surface area contributed by atoms with Crippen LogP contribution in [-0.2, 0) is 11.3 Å². The molecule has 16 N–H and O–H groups in total. The van der Waals surface area contributed by atoms with Crippen LogP contribution in [0.5, 0.6) is 0 Å². The normalized spacial score (nSPS) is 11.4. The van der Waals surface area contributed by atoms with Crippen molar-refractivity contribution in [3.63, 3.8) is 0 Å². The molecular formula is C59H140N14O. The minimum absolute atomic E-state index is 0.159. The van der Waals surface area contributed by atoms with Gasteiger partial charge in [0, 0.05) is 37.8 Å². The third kappa shape index (κ3) is 158. The average Bonchev–Trinajstić information content (AvgIpc) is 4.00. The molecule has 0 aromatic heterocycles. The van der Waals surface area contributed by atoms with E-state index in [-0.39, 0.29) is 6.04 Å². The number of rotatable bonds is 15. The van der Waals surface area contributed by atoms with E-state index in [9.17, 15) is 0 Å². The molecule has 2 aliphatic heterocycles. The van der Waals surface area contributed by atoms with Crippen LogP contribution < -0.4 is 75.3 Å². The molecule has 4 rings (SSSR count). The first-order valence-electron chi connectivity index (χ1n) is 28.5. The Morgan fingerprint density at radius 3 is 1.03 bits per heavy atom. The summed E-state index contributed by atoms with van der Waals surface area (Å²) in [5, 5.41) is 36.2. The van der Waals surface area contributed by atoms with E-state index in [0.29, 0.717) is 18.1 Å². The molecule has 2 aromatic carbocycles. The molecule has 2 heterocycles. The van der Waals surface area contributed by atoms with E-state index in [1.807, 2.05) is 147 Å². The monoisotopic (exact) mass is 1060 g/mol. The Hall–Kier alpha value is -2.16. The molecule has 15 heteroatoms. The van der Waals surface area contributed by atoms with Gasteiger partial charge < -0.3 is 80.0 Å². The van der Waals surface area contributed by atoms with Crippen molar-refractivity contribution in [2.24, 2.45) is 11.5 Å². The van der Waals surface area contributed by atoms with E-state index >= 15 is 0 Å². The number of hydrogen-bond donors (Lipinski definition) is 14. The number of unbranched alkanes of at least 4 members (excludes halogenated alkanes) is 1. The van der Waals surface area contributed by atoms with Gasteiger partial charge in [-0.3, -0.25) is 0 Å². The van der Waals surface area contributed by atoms with Crippen molar-refractivity contribution in [3.8, 4) is 0 Å². The molecule has 0 radical (unpaired) electrons. The van der Waals surface area contributed by atoms with Crippen molar-refractivity contribution in [3.05, 3.63) is 71.8 Å². The van der Waals surface area contributed by atoms with Gasteiger partial charge in [-0.2, -0.15) is 0 Å². The smallest absolute Gasteiger partial charge is 0.0591 e. The molecule has 1 atom stereocenters. The van der Waals surface area contributed by atoms with Crippen molar-refractivity contribution < 1.29 is 4.74 Å². The van der Waals surface area contributed by atoms with Gasteiger partial charge in [-0.15, -0.1) is 0 Å². The predicted octanol–water partition coefficient (Wildman–Crippen LogP) is 7.42. The molecule has 0 bridgehead atoms. The summed E-state index contributed by atoms with van der Waals surface area (Å²) in [6.45, 7) is 41.2. The van der Waals surface area contributed by atoms with Crippen LogP contribution in [0.2, 0.25) is 0 Å². The zero-order chi connectivity index (χ0) is 59.2. The molecular weight excluding hydrogens is 921 g/mol. The molecule has 15 nitrogen and oxygen atoms in total. The Balaban J connectivity index is -0.0000000755.